The summed E-state index contributed by atoms with van der Waals surface area (Å²) >= 11 is 5.76. The van der Waals surface area contributed by atoms with Crippen LogP contribution in [0.25, 0.3) is 0 Å². The lowest BCUT2D eigenvalue weighted by Gasteiger charge is -2.13. The van der Waals surface area contributed by atoms with E-state index in [0.717, 1.165) is 6.42 Å². The minimum absolute atomic E-state index is 0. The molecule has 0 aromatic heterocycles. The average Bonchev–Trinajstić information content (AvgIpc) is 1.87. The molecule has 0 saturated carbocycles. The second-order valence-electron chi connectivity index (χ2n) is 2.10. The molecule has 64 valence electrons. The van der Waals surface area contributed by atoms with Gasteiger partial charge in [-0.15, -0.1) is 24.0 Å². The molecule has 2 atom stereocenters. The summed E-state index contributed by atoms with van der Waals surface area (Å²) < 4.78 is 0. The van der Waals surface area contributed by atoms with E-state index in [4.69, 9.17) is 22.4 Å². The predicted molar refractivity (Wildman–Crippen MR) is 46.9 cm³/mol. The Morgan fingerprint density at radius 2 is 2.10 bits per heavy atom. The summed E-state index contributed by atoms with van der Waals surface area (Å²) in [6, 6.07) is -0.0540. The van der Waals surface area contributed by atoms with Gasteiger partial charge in [0.2, 0.25) is 0 Å². The Morgan fingerprint density at radius 1 is 1.60 bits per heavy atom. The van der Waals surface area contributed by atoms with E-state index in [9.17, 15) is 0 Å². The van der Waals surface area contributed by atoms with Gasteiger partial charge in [0.05, 0.1) is 0 Å². The second-order valence-corrected chi connectivity index (χ2v) is 2.66. The van der Waals surface area contributed by atoms with Crippen LogP contribution >= 0.6 is 24.0 Å². The molecule has 0 bridgehead atoms. The molecule has 0 spiro atoms. The quantitative estimate of drug-likeness (QED) is 0.649. The van der Waals surface area contributed by atoms with E-state index in [1.165, 1.54) is 0 Å². The van der Waals surface area contributed by atoms with Gasteiger partial charge in [-0.3, -0.25) is 0 Å². The fraction of sp³-hybridized carbons (Fsp3) is 1.00. The number of hydrogen-bond acceptors (Lipinski definition) is 2. The molecule has 0 amide bonds. The highest BCUT2D eigenvalue weighted by atomic mass is 35.5. The predicted octanol–water partition coefficient (Wildman–Crippen LogP) is 1.14. The molecule has 0 aromatic carbocycles. The van der Waals surface area contributed by atoms with Crippen molar-refractivity contribution in [3.05, 3.63) is 0 Å². The highest BCUT2D eigenvalue weighted by Gasteiger charge is 2.10. The highest BCUT2D eigenvalue weighted by molar-refractivity contribution is 6.21. The van der Waals surface area contributed by atoms with Crippen molar-refractivity contribution in [2.45, 2.75) is 31.2 Å². The summed E-state index contributed by atoms with van der Waals surface area (Å²) in [5.74, 6) is 0. The van der Waals surface area contributed by atoms with Crippen LogP contribution in [0.4, 0.5) is 0 Å². The summed E-state index contributed by atoms with van der Waals surface area (Å²) in [7, 11) is 0. The minimum Gasteiger partial charge on any atom is -0.396 e. The van der Waals surface area contributed by atoms with Gasteiger partial charge < -0.3 is 10.8 Å². The molecular formula is C6H15Cl2NO. The standard InChI is InChI=1S/C6H14ClNO.ClH/c1-2-5(7)6(8)3-4-9;/h5-6,9H,2-4,8H2,1H3;1H. The highest BCUT2D eigenvalue weighted by Crippen LogP contribution is 2.07. The van der Waals surface area contributed by atoms with Gasteiger partial charge in [0.15, 0.2) is 0 Å². The van der Waals surface area contributed by atoms with Gasteiger partial charge in [0.25, 0.3) is 0 Å². The largest absolute Gasteiger partial charge is 0.396 e. The zero-order valence-corrected chi connectivity index (χ0v) is 7.66. The zero-order valence-electron chi connectivity index (χ0n) is 6.09. The number of rotatable bonds is 4. The van der Waals surface area contributed by atoms with Crippen LogP contribution in [0.15, 0.2) is 0 Å². The lowest BCUT2D eigenvalue weighted by atomic mass is 10.1. The molecule has 0 fully saturated rings. The molecular weight excluding hydrogens is 173 g/mol. The normalized spacial score (nSPS) is 15.6. The van der Waals surface area contributed by atoms with Crippen LogP contribution < -0.4 is 5.73 Å². The number of alkyl halides is 1. The van der Waals surface area contributed by atoms with Gasteiger partial charge >= 0.3 is 0 Å². The lowest BCUT2D eigenvalue weighted by Crippen LogP contribution is -2.31. The molecule has 0 saturated heterocycles. The first-order chi connectivity index (χ1) is 4.22. The Labute approximate surface area is 73.2 Å². The Bertz CT molecular complexity index is 72.8. The van der Waals surface area contributed by atoms with Crippen LogP contribution in [0.1, 0.15) is 19.8 Å². The van der Waals surface area contributed by atoms with Crippen molar-refractivity contribution < 1.29 is 5.11 Å². The van der Waals surface area contributed by atoms with Gasteiger partial charge in [-0.2, -0.15) is 0 Å². The van der Waals surface area contributed by atoms with Crippen molar-refractivity contribution in [1.29, 1.82) is 0 Å². The fourth-order valence-corrected chi connectivity index (χ4v) is 0.759. The Balaban J connectivity index is 0. The minimum atomic E-state index is -0.0540. The molecule has 0 aliphatic heterocycles. The molecule has 4 heteroatoms. The van der Waals surface area contributed by atoms with Crippen molar-refractivity contribution in [1.82, 2.24) is 0 Å². The topological polar surface area (TPSA) is 46.2 Å². The van der Waals surface area contributed by atoms with Gasteiger partial charge in [-0.05, 0) is 12.8 Å². The van der Waals surface area contributed by atoms with Crippen LogP contribution in [0.3, 0.4) is 0 Å². The molecule has 10 heavy (non-hydrogen) atoms. The molecule has 0 rings (SSSR count). The molecule has 0 aliphatic rings. The van der Waals surface area contributed by atoms with E-state index in [1.54, 1.807) is 0 Å². The summed E-state index contributed by atoms with van der Waals surface area (Å²) in [6.07, 6.45) is 1.46. The Hall–Kier alpha value is 0.500. The first kappa shape index (κ1) is 13.1. The van der Waals surface area contributed by atoms with E-state index in [1.807, 2.05) is 6.92 Å². The van der Waals surface area contributed by atoms with E-state index in [-0.39, 0.29) is 30.4 Å². The maximum absolute atomic E-state index is 8.44. The van der Waals surface area contributed by atoms with Crippen LogP contribution in [-0.2, 0) is 0 Å². The smallest absolute Gasteiger partial charge is 0.0485 e. The molecule has 3 N–H and O–H groups in total. The molecule has 0 radical (unpaired) electrons. The van der Waals surface area contributed by atoms with E-state index >= 15 is 0 Å². The summed E-state index contributed by atoms with van der Waals surface area (Å²) in [4.78, 5) is 0. The Kier molecular flexibility index (Phi) is 9.97. The van der Waals surface area contributed by atoms with Crippen LogP contribution in [0.2, 0.25) is 0 Å². The van der Waals surface area contributed by atoms with Gasteiger partial charge in [0, 0.05) is 18.0 Å². The van der Waals surface area contributed by atoms with Crippen LogP contribution in [-0.4, -0.2) is 23.1 Å². The van der Waals surface area contributed by atoms with Gasteiger partial charge in [0.1, 0.15) is 0 Å². The fourth-order valence-electron chi connectivity index (χ4n) is 0.633. The maximum atomic E-state index is 8.44. The van der Waals surface area contributed by atoms with Gasteiger partial charge in [-0.1, -0.05) is 6.92 Å². The molecule has 2 nitrogen and oxygen atoms in total. The van der Waals surface area contributed by atoms with Crippen molar-refractivity contribution in [3.8, 4) is 0 Å². The Morgan fingerprint density at radius 3 is 2.40 bits per heavy atom. The molecule has 0 aliphatic carbocycles. The number of aliphatic hydroxyl groups excluding tert-OH is 1. The summed E-state index contributed by atoms with van der Waals surface area (Å²) in [5.41, 5.74) is 5.55. The molecule has 0 heterocycles. The van der Waals surface area contributed by atoms with Crippen LogP contribution in [0.5, 0.6) is 0 Å². The van der Waals surface area contributed by atoms with Crippen molar-refractivity contribution >= 4 is 24.0 Å². The number of halogens is 2. The zero-order chi connectivity index (χ0) is 7.28. The lowest BCUT2D eigenvalue weighted by molar-refractivity contribution is 0.273. The molecule has 2 unspecified atom stereocenters. The third-order valence-corrected chi connectivity index (χ3v) is 1.95. The third kappa shape index (κ3) is 5.30. The van der Waals surface area contributed by atoms with Crippen molar-refractivity contribution in [2.24, 2.45) is 5.73 Å². The van der Waals surface area contributed by atoms with Crippen LogP contribution in [0, 0.1) is 0 Å². The maximum Gasteiger partial charge on any atom is 0.0485 e. The number of aliphatic hydroxyl groups is 1. The molecule has 0 aromatic rings. The van der Waals surface area contributed by atoms with E-state index < -0.39 is 0 Å². The van der Waals surface area contributed by atoms with Crippen molar-refractivity contribution in [3.63, 3.8) is 0 Å². The first-order valence-corrected chi connectivity index (χ1v) is 3.66. The number of nitrogens with two attached hydrogens (primary N) is 1. The van der Waals surface area contributed by atoms with Gasteiger partial charge in [-0.25, -0.2) is 0 Å². The SMILES string of the molecule is CCC(Cl)C(N)CCO.Cl. The summed E-state index contributed by atoms with van der Waals surface area (Å²) in [5, 5.41) is 8.45. The van der Waals surface area contributed by atoms with E-state index in [2.05, 4.69) is 0 Å². The van der Waals surface area contributed by atoms with Crippen molar-refractivity contribution in [2.75, 3.05) is 6.61 Å². The first-order valence-electron chi connectivity index (χ1n) is 3.22. The van der Waals surface area contributed by atoms with E-state index in [0.29, 0.717) is 6.42 Å². The average molecular weight is 188 g/mol. The monoisotopic (exact) mass is 187 g/mol. The third-order valence-electron chi connectivity index (χ3n) is 1.32. The number of hydrogen-bond donors (Lipinski definition) is 2. The summed E-state index contributed by atoms with van der Waals surface area (Å²) in [6.45, 7) is 2.11. The second kappa shape index (κ2) is 7.61.